The normalized spacial score (nSPS) is 10.9. The summed E-state index contributed by atoms with van der Waals surface area (Å²) in [4.78, 5) is 12.3. The first-order chi connectivity index (χ1) is 14.8. The van der Waals surface area contributed by atoms with Crippen LogP contribution in [0.15, 0.2) is 35.5 Å². The largest absolute Gasteiger partial charge is 0.486 e. The molecule has 1 amide bonds. The minimum Gasteiger partial charge on any atom is -0.486 e. The molecule has 0 aliphatic rings. The first-order valence-electron chi connectivity index (χ1n) is 9.47. The number of hydrogen-bond donors (Lipinski definition) is 1. The van der Waals surface area contributed by atoms with Gasteiger partial charge in [-0.05, 0) is 62.2 Å². The van der Waals surface area contributed by atoms with Crippen LogP contribution in [-0.2, 0) is 17.9 Å². The van der Waals surface area contributed by atoms with E-state index in [0.29, 0.717) is 33.3 Å². The van der Waals surface area contributed by atoms with Crippen LogP contribution in [0.25, 0.3) is 0 Å². The first kappa shape index (κ1) is 23.7. The van der Waals surface area contributed by atoms with Crippen LogP contribution in [0.4, 0.5) is 5.69 Å². The summed E-state index contributed by atoms with van der Waals surface area (Å²) in [5.74, 6) is 1.33. The van der Waals surface area contributed by atoms with Crippen molar-refractivity contribution < 1.29 is 9.53 Å². The van der Waals surface area contributed by atoms with E-state index in [1.165, 1.54) is 11.8 Å². The molecule has 0 atom stereocenters. The highest BCUT2D eigenvalue weighted by atomic mass is 35.5. The molecule has 6 nitrogen and oxygen atoms in total. The highest BCUT2D eigenvalue weighted by molar-refractivity contribution is 7.99. The van der Waals surface area contributed by atoms with Crippen molar-refractivity contribution in [3.63, 3.8) is 0 Å². The van der Waals surface area contributed by atoms with E-state index in [1.807, 2.05) is 37.5 Å². The standard InChI is InChI=1S/C21H21Cl3N4O2S/c1-4-28-18(10-30-15-7-12(2)20(24)13(3)8-15)26-27-21(28)31-11-19(29)25-17-9-14(22)5-6-16(17)23/h5-9H,4,10-11H2,1-3H3,(H,25,29). The van der Waals surface area contributed by atoms with E-state index in [0.717, 1.165) is 21.9 Å². The van der Waals surface area contributed by atoms with Crippen molar-refractivity contribution in [1.29, 1.82) is 0 Å². The van der Waals surface area contributed by atoms with Gasteiger partial charge in [-0.3, -0.25) is 4.79 Å². The number of rotatable bonds is 8. The van der Waals surface area contributed by atoms with E-state index in [2.05, 4.69) is 15.5 Å². The molecule has 10 heteroatoms. The summed E-state index contributed by atoms with van der Waals surface area (Å²) in [6, 6.07) is 8.69. The number of anilines is 1. The SMILES string of the molecule is CCn1c(COc2cc(C)c(Cl)c(C)c2)nnc1SCC(=O)Nc1cc(Cl)ccc1Cl. The van der Waals surface area contributed by atoms with E-state index in [9.17, 15) is 4.79 Å². The topological polar surface area (TPSA) is 69.0 Å². The Balaban J connectivity index is 1.62. The molecule has 31 heavy (non-hydrogen) atoms. The van der Waals surface area contributed by atoms with Gasteiger partial charge in [-0.2, -0.15) is 0 Å². The third kappa shape index (κ3) is 6.07. The number of hydrogen-bond acceptors (Lipinski definition) is 5. The maximum Gasteiger partial charge on any atom is 0.234 e. The summed E-state index contributed by atoms with van der Waals surface area (Å²) in [6.45, 7) is 6.76. The van der Waals surface area contributed by atoms with Crippen molar-refractivity contribution in [3.8, 4) is 5.75 Å². The van der Waals surface area contributed by atoms with Gasteiger partial charge in [-0.1, -0.05) is 46.6 Å². The lowest BCUT2D eigenvalue weighted by atomic mass is 10.1. The summed E-state index contributed by atoms with van der Waals surface area (Å²) < 4.78 is 7.81. The number of aromatic nitrogens is 3. The Labute approximate surface area is 200 Å². The number of halogens is 3. The van der Waals surface area contributed by atoms with E-state index in [1.54, 1.807) is 18.2 Å². The van der Waals surface area contributed by atoms with E-state index in [-0.39, 0.29) is 18.3 Å². The van der Waals surface area contributed by atoms with Crippen molar-refractivity contribution in [1.82, 2.24) is 14.8 Å². The van der Waals surface area contributed by atoms with Crippen molar-refractivity contribution in [3.05, 3.63) is 62.4 Å². The number of thioether (sulfide) groups is 1. The van der Waals surface area contributed by atoms with Gasteiger partial charge >= 0.3 is 0 Å². The van der Waals surface area contributed by atoms with Crippen LogP contribution in [0.2, 0.25) is 15.1 Å². The molecule has 0 fully saturated rings. The lowest BCUT2D eigenvalue weighted by Crippen LogP contribution is -2.15. The number of carbonyl (C=O) groups is 1. The van der Waals surface area contributed by atoms with Crippen LogP contribution in [-0.4, -0.2) is 26.4 Å². The number of amides is 1. The Morgan fingerprint density at radius 2 is 1.84 bits per heavy atom. The third-order valence-electron chi connectivity index (χ3n) is 4.42. The Morgan fingerprint density at radius 3 is 2.52 bits per heavy atom. The maximum atomic E-state index is 12.3. The van der Waals surface area contributed by atoms with E-state index < -0.39 is 0 Å². The minimum atomic E-state index is -0.218. The molecule has 164 valence electrons. The molecule has 0 bridgehead atoms. The Hall–Kier alpha value is -1.93. The van der Waals surface area contributed by atoms with Crippen LogP contribution >= 0.6 is 46.6 Å². The lowest BCUT2D eigenvalue weighted by molar-refractivity contribution is -0.113. The highest BCUT2D eigenvalue weighted by Gasteiger charge is 2.15. The number of aryl methyl sites for hydroxylation is 2. The quantitative estimate of drug-likeness (QED) is 0.375. The van der Waals surface area contributed by atoms with Crippen molar-refractivity contribution >= 4 is 58.2 Å². The first-order valence-corrected chi connectivity index (χ1v) is 11.6. The monoisotopic (exact) mass is 498 g/mol. The van der Waals surface area contributed by atoms with Gasteiger partial charge in [-0.15, -0.1) is 10.2 Å². The van der Waals surface area contributed by atoms with Gasteiger partial charge in [0.1, 0.15) is 12.4 Å². The van der Waals surface area contributed by atoms with Crippen LogP contribution < -0.4 is 10.1 Å². The second-order valence-corrected chi connectivity index (χ2v) is 8.93. The number of carbonyl (C=O) groups excluding carboxylic acids is 1. The molecule has 0 spiro atoms. The molecular weight excluding hydrogens is 479 g/mol. The predicted molar refractivity (Wildman–Crippen MR) is 127 cm³/mol. The van der Waals surface area contributed by atoms with Crippen molar-refractivity contribution in [2.75, 3.05) is 11.1 Å². The minimum absolute atomic E-state index is 0.150. The molecule has 2 aromatic carbocycles. The highest BCUT2D eigenvalue weighted by Crippen LogP contribution is 2.28. The summed E-state index contributed by atoms with van der Waals surface area (Å²) in [6.07, 6.45) is 0. The van der Waals surface area contributed by atoms with E-state index >= 15 is 0 Å². The maximum absolute atomic E-state index is 12.3. The fourth-order valence-corrected chi connectivity index (χ4v) is 4.16. The predicted octanol–water partition coefficient (Wildman–Crippen LogP) is 6.18. The molecule has 1 aromatic heterocycles. The molecule has 3 rings (SSSR count). The second-order valence-electron chi connectivity index (χ2n) is 6.76. The summed E-state index contributed by atoms with van der Waals surface area (Å²) in [7, 11) is 0. The van der Waals surface area contributed by atoms with Crippen molar-refractivity contribution in [2.24, 2.45) is 0 Å². The molecule has 0 unspecified atom stereocenters. The molecule has 0 saturated heterocycles. The van der Waals surface area contributed by atoms with Gasteiger partial charge in [0.25, 0.3) is 0 Å². The smallest absolute Gasteiger partial charge is 0.234 e. The fourth-order valence-electron chi connectivity index (χ4n) is 2.90. The van der Waals surface area contributed by atoms with Gasteiger partial charge in [0, 0.05) is 16.6 Å². The molecule has 0 aliphatic heterocycles. The van der Waals surface area contributed by atoms with Crippen LogP contribution in [0, 0.1) is 13.8 Å². The number of nitrogens with zero attached hydrogens (tertiary/aromatic N) is 3. The third-order valence-corrected chi connectivity index (χ3v) is 6.55. The molecule has 0 aliphatic carbocycles. The van der Waals surface area contributed by atoms with Gasteiger partial charge in [0.2, 0.25) is 5.91 Å². The van der Waals surface area contributed by atoms with Crippen molar-refractivity contribution in [2.45, 2.75) is 39.1 Å². The molecule has 1 N–H and O–H groups in total. The molecule has 3 aromatic rings. The van der Waals surface area contributed by atoms with Gasteiger partial charge in [-0.25, -0.2) is 0 Å². The van der Waals surface area contributed by atoms with E-state index in [4.69, 9.17) is 39.5 Å². The van der Waals surface area contributed by atoms with Gasteiger partial charge < -0.3 is 14.6 Å². The molecule has 0 saturated carbocycles. The molecule has 1 heterocycles. The van der Waals surface area contributed by atoms with Gasteiger partial charge in [0.05, 0.1) is 16.5 Å². The average Bonchev–Trinajstić information content (AvgIpc) is 3.13. The van der Waals surface area contributed by atoms with Crippen LogP contribution in [0.5, 0.6) is 5.75 Å². The zero-order chi connectivity index (χ0) is 22.5. The van der Waals surface area contributed by atoms with Gasteiger partial charge in [0.15, 0.2) is 11.0 Å². The molecule has 0 radical (unpaired) electrons. The van der Waals surface area contributed by atoms with Crippen LogP contribution in [0.1, 0.15) is 23.9 Å². The lowest BCUT2D eigenvalue weighted by Gasteiger charge is -2.11. The number of ether oxygens (including phenoxy) is 1. The Kier molecular flexibility index (Phi) is 8.11. The zero-order valence-corrected chi connectivity index (χ0v) is 20.3. The summed E-state index contributed by atoms with van der Waals surface area (Å²) in [5, 5.41) is 13.5. The zero-order valence-electron chi connectivity index (χ0n) is 17.2. The van der Waals surface area contributed by atoms with Crippen LogP contribution in [0.3, 0.4) is 0 Å². The number of nitrogens with one attached hydrogen (secondary N) is 1. The Morgan fingerprint density at radius 1 is 1.13 bits per heavy atom. The molecular formula is C21H21Cl3N4O2S. The Bertz CT molecular complexity index is 1080. The summed E-state index contributed by atoms with van der Waals surface area (Å²) in [5.41, 5.74) is 2.38. The summed E-state index contributed by atoms with van der Waals surface area (Å²) >= 11 is 19.6. The number of benzene rings is 2. The average molecular weight is 500 g/mol. The second kappa shape index (κ2) is 10.6. The fraction of sp³-hybridized carbons (Fsp3) is 0.286.